The third kappa shape index (κ3) is 5.23. The predicted molar refractivity (Wildman–Crippen MR) is 137 cm³/mol. The van der Waals surface area contributed by atoms with Gasteiger partial charge in [-0.05, 0) is 43.2 Å². The summed E-state index contributed by atoms with van der Waals surface area (Å²) < 4.78 is 0. The van der Waals surface area contributed by atoms with Crippen LogP contribution in [0.4, 0.5) is 11.4 Å². The summed E-state index contributed by atoms with van der Waals surface area (Å²) in [7, 11) is 0. The fourth-order valence-electron chi connectivity index (χ4n) is 3.58. The molecule has 33 heavy (non-hydrogen) atoms. The summed E-state index contributed by atoms with van der Waals surface area (Å²) in [5.41, 5.74) is 3.61. The van der Waals surface area contributed by atoms with Gasteiger partial charge in [-0.1, -0.05) is 49.0 Å². The average Bonchev–Trinajstić information content (AvgIpc) is 3.15. The normalized spacial score (nSPS) is 11.8. The third-order valence-electron chi connectivity index (χ3n) is 5.08. The number of hydrogen-bond acceptors (Lipinski definition) is 6. The molecule has 0 aliphatic carbocycles. The molecule has 0 spiro atoms. The smallest absolute Gasteiger partial charge is 0.237 e. The van der Waals surface area contributed by atoms with Crippen LogP contribution in [0.1, 0.15) is 25.1 Å². The number of carbonyl (C=O) groups excluding carboxylic acids is 2. The van der Waals surface area contributed by atoms with Gasteiger partial charge in [0.15, 0.2) is 0 Å². The quantitative estimate of drug-likeness (QED) is 0.247. The lowest BCUT2D eigenvalue weighted by molar-refractivity contribution is -0.116. The number of amides is 2. The minimum atomic E-state index is -0.318. The summed E-state index contributed by atoms with van der Waals surface area (Å²) in [4.78, 5) is 35.4. The number of rotatable bonds is 7. The molecular weight excluding hydrogens is 452 g/mol. The number of nitrogens with zero attached hydrogens (tertiary/aromatic N) is 2. The molecule has 2 aromatic carbocycles. The van der Waals surface area contributed by atoms with Gasteiger partial charge >= 0.3 is 0 Å². The highest BCUT2D eigenvalue weighted by Crippen LogP contribution is 2.42. The van der Waals surface area contributed by atoms with E-state index < -0.39 is 0 Å². The number of nitrogens with one attached hydrogen (secondary N) is 2. The van der Waals surface area contributed by atoms with Crippen molar-refractivity contribution in [2.75, 3.05) is 10.6 Å². The molecule has 6 nitrogen and oxygen atoms in total. The second-order valence-electron chi connectivity index (χ2n) is 7.52. The topological polar surface area (TPSA) is 84.0 Å². The number of thiophene rings is 1. The molecule has 1 atom stereocenters. The van der Waals surface area contributed by atoms with Gasteiger partial charge in [0.25, 0.3) is 0 Å². The highest BCUT2D eigenvalue weighted by molar-refractivity contribution is 8.00. The Balaban J connectivity index is 1.59. The summed E-state index contributed by atoms with van der Waals surface area (Å²) in [6, 6.07) is 17.3. The molecule has 0 bridgehead atoms. The Morgan fingerprint density at radius 1 is 1.00 bits per heavy atom. The minimum absolute atomic E-state index is 0.0882. The zero-order chi connectivity index (χ0) is 23.4. The van der Waals surface area contributed by atoms with Crippen molar-refractivity contribution in [1.82, 2.24) is 9.97 Å². The Labute approximate surface area is 200 Å². The molecule has 0 radical (unpaired) electrons. The SMILES string of the molecule is CCC(Sc1ncnc2sc(C)c(-c3ccccc3)c12)C(=O)Nc1ccc(NC(C)=O)cc1. The lowest BCUT2D eigenvalue weighted by atomic mass is 10.0. The molecule has 0 fully saturated rings. The fourth-order valence-corrected chi connectivity index (χ4v) is 5.68. The lowest BCUT2D eigenvalue weighted by Gasteiger charge is -2.15. The van der Waals surface area contributed by atoms with Crippen LogP contribution in [-0.2, 0) is 9.59 Å². The molecule has 0 aliphatic heterocycles. The van der Waals surface area contributed by atoms with Crippen molar-refractivity contribution in [2.45, 2.75) is 37.5 Å². The van der Waals surface area contributed by atoms with Crippen LogP contribution in [0.15, 0.2) is 66.0 Å². The third-order valence-corrected chi connectivity index (χ3v) is 7.46. The molecule has 0 saturated heterocycles. The van der Waals surface area contributed by atoms with Gasteiger partial charge in [-0.15, -0.1) is 11.3 Å². The molecule has 0 saturated carbocycles. The average molecular weight is 477 g/mol. The van der Waals surface area contributed by atoms with Gasteiger partial charge in [0, 0.05) is 28.7 Å². The highest BCUT2D eigenvalue weighted by Gasteiger charge is 2.23. The van der Waals surface area contributed by atoms with Crippen molar-refractivity contribution in [1.29, 1.82) is 0 Å². The maximum Gasteiger partial charge on any atom is 0.237 e. The van der Waals surface area contributed by atoms with Crippen LogP contribution < -0.4 is 10.6 Å². The zero-order valence-corrected chi connectivity index (χ0v) is 20.2. The van der Waals surface area contributed by atoms with Crippen LogP contribution in [0.2, 0.25) is 0 Å². The van der Waals surface area contributed by atoms with Gasteiger partial charge in [0.1, 0.15) is 16.2 Å². The van der Waals surface area contributed by atoms with E-state index in [9.17, 15) is 9.59 Å². The van der Waals surface area contributed by atoms with Crippen LogP contribution in [0.3, 0.4) is 0 Å². The number of aryl methyl sites for hydroxylation is 1. The zero-order valence-electron chi connectivity index (χ0n) is 18.6. The van der Waals surface area contributed by atoms with Gasteiger partial charge in [-0.3, -0.25) is 9.59 Å². The number of thioether (sulfide) groups is 1. The summed E-state index contributed by atoms with van der Waals surface area (Å²) in [6.07, 6.45) is 2.22. The summed E-state index contributed by atoms with van der Waals surface area (Å²) in [6.45, 7) is 5.55. The van der Waals surface area contributed by atoms with E-state index in [4.69, 9.17) is 0 Å². The van der Waals surface area contributed by atoms with Gasteiger partial charge in [0.05, 0.1) is 10.6 Å². The lowest BCUT2D eigenvalue weighted by Crippen LogP contribution is -2.24. The van der Waals surface area contributed by atoms with Crippen molar-refractivity contribution in [3.05, 3.63) is 65.8 Å². The molecule has 168 valence electrons. The van der Waals surface area contributed by atoms with Gasteiger partial charge < -0.3 is 10.6 Å². The summed E-state index contributed by atoms with van der Waals surface area (Å²) in [5.74, 6) is -0.223. The van der Waals surface area contributed by atoms with E-state index in [2.05, 4.69) is 39.7 Å². The van der Waals surface area contributed by atoms with Crippen molar-refractivity contribution >= 4 is 56.5 Å². The number of anilines is 2. The first kappa shape index (κ1) is 22.9. The van der Waals surface area contributed by atoms with Gasteiger partial charge in [0.2, 0.25) is 11.8 Å². The maximum absolute atomic E-state index is 13.1. The predicted octanol–water partition coefficient (Wildman–Crippen LogP) is 6.13. The van der Waals surface area contributed by atoms with Crippen molar-refractivity contribution in [3.8, 4) is 11.1 Å². The number of fused-ring (bicyclic) bond motifs is 1. The number of hydrogen-bond donors (Lipinski definition) is 2. The van der Waals surface area contributed by atoms with Gasteiger partial charge in [-0.25, -0.2) is 9.97 Å². The first-order valence-electron chi connectivity index (χ1n) is 10.6. The number of aromatic nitrogens is 2. The Morgan fingerprint density at radius 3 is 2.30 bits per heavy atom. The van der Waals surface area contributed by atoms with E-state index in [0.29, 0.717) is 17.8 Å². The Hall–Kier alpha value is -3.23. The fraction of sp³-hybridized carbons (Fsp3) is 0.200. The highest BCUT2D eigenvalue weighted by atomic mass is 32.2. The Morgan fingerprint density at radius 2 is 1.67 bits per heavy atom. The monoisotopic (exact) mass is 476 g/mol. The number of carbonyl (C=O) groups is 2. The molecule has 1 unspecified atom stereocenters. The molecule has 0 aliphatic rings. The van der Waals surface area contributed by atoms with E-state index in [-0.39, 0.29) is 17.1 Å². The molecule has 2 amide bonds. The molecular formula is C25H24N4O2S2. The van der Waals surface area contributed by atoms with Crippen molar-refractivity contribution in [2.24, 2.45) is 0 Å². The molecule has 2 aromatic heterocycles. The molecule has 4 rings (SSSR count). The largest absolute Gasteiger partial charge is 0.326 e. The second-order valence-corrected chi connectivity index (χ2v) is 9.92. The Kier molecular flexibility index (Phi) is 7.05. The van der Waals surface area contributed by atoms with E-state index in [1.165, 1.54) is 23.6 Å². The minimum Gasteiger partial charge on any atom is -0.326 e. The van der Waals surface area contributed by atoms with Crippen LogP contribution in [0, 0.1) is 6.92 Å². The van der Waals surface area contributed by atoms with E-state index >= 15 is 0 Å². The summed E-state index contributed by atoms with van der Waals surface area (Å²) in [5, 5.41) is 7.20. The first-order valence-corrected chi connectivity index (χ1v) is 12.3. The molecule has 2 heterocycles. The molecule has 8 heteroatoms. The first-order chi connectivity index (χ1) is 16.0. The maximum atomic E-state index is 13.1. The molecule has 2 N–H and O–H groups in total. The standard InChI is InChI=1S/C25H24N4O2S2/c1-4-20(23(31)29-19-12-10-18(11-13-19)28-16(3)30)33-25-22-21(17-8-6-5-7-9-17)15(2)32-24(22)26-14-27-25/h5-14,20H,4H2,1-3H3,(H,28,30)(H,29,31). The van der Waals surface area contributed by atoms with E-state index in [0.717, 1.165) is 26.4 Å². The van der Waals surface area contributed by atoms with Crippen LogP contribution >= 0.6 is 23.1 Å². The van der Waals surface area contributed by atoms with Crippen LogP contribution in [-0.4, -0.2) is 27.0 Å². The van der Waals surface area contributed by atoms with Gasteiger partial charge in [-0.2, -0.15) is 0 Å². The second kappa shape index (κ2) is 10.1. The van der Waals surface area contributed by atoms with Crippen molar-refractivity contribution in [3.63, 3.8) is 0 Å². The molecule has 4 aromatic rings. The van der Waals surface area contributed by atoms with Crippen LogP contribution in [0.5, 0.6) is 0 Å². The van der Waals surface area contributed by atoms with E-state index in [1.807, 2.05) is 25.1 Å². The van der Waals surface area contributed by atoms with Crippen LogP contribution in [0.25, 0.3) is 21.3 Å². The number of benzene rings is 2. The summed E-state index contributed by atoms with van der Waals surface area (Å²) >= 11 is 3.11. The van der Waals surface area contributed by atoms with E-state index in [1.54, 1.807) is 41.9 Å². The Bertz CT molecular complexity index is 1290. The van der Waals surface area contributed by atoms with Crippen molar-refractivity contribution < 1.29 is 9.59 Å².